The highest BCUT2D eigenvalue weighted by atomic mass is 16.2. The molecule has 1 amide bonds. The fourth-order valence-electron chi connectivity index (χ4n) is 1.51. The first-order valence-corrected chi connectivity index (χ1v) is 5.49. The van der Waals surface area contributed by atoms with Crippen LogP contribution in [-0.4, -0.2) is 22.4 Å². The number of nitrogens with zero attached hydrogens (tertiary/aromatic N) is 2. The summed E-state index contributed by atoms with van der Waals surface area (Å²) in [7, 11) is 3.87. The van der Waals surface area contributed by atoms with Crippen molar-refractivity contribution < 1.29 is 4.79 Å². The number of hydrogen-bond donors (Lipinski definition) is 0. The van der Waals surface area contributed by atoms with E-state index in [0.29, 0.717) is 13.0 Å². The predicted molar refractivity (Wildman–Crippen MR) is 61.4 cm³/mol. The maximum atomic E-state index is 11.7. The Bertz CT molecular complexity index is 317. The average Bonchev–Trinajstić information content (AvgIpc) is 2.61. The Labute approximate surface area is 91.7 Å². The van der Waals surface area contributed by atoms with Crippen molar-refractivity contribution in [2.75, 3.05) is 7.05 Å². The summed E-state index contributed by atoms with van der Waals surface area (Å²) in [5.74, 6) is 0.234. The van der Waals surface area contributed by atoms with Crippen LogP contribution in [0.15, 0.2) is 18.3 Å². The van der Waals surface area contributed by atoms with Gasteiger partial charge in [0.1, 0.15) is 0 Å². The first-order chi connectivity index (χ1) is 7.15. The SMILES string of the molecule is CCCCC(=O)N(C)Cc1cccn1C. The molecule has 0 radical (unpaired) electrons. The molecular weight excluding hydrogens is 188 g/mol. The molecule has 1 aromatic heterocycles. The molecule has 0 saturated heterocycles. The van der Waals surface area contributed by atoms with Gasteiger partial charge in [0.15, 0.2) is 0 Å². The van der Waals surface area contributed by atoms with Crippen molar-refractivity contribution in [3.05, 3.63) is 24.0 Å². The zero-order valence-corrected chi connectivity index (χ0v) is 9.86. The summed E-state index contributed by atoms with van der Waals surface area (Å²) in [5, 5.41) is 0. The first-order valence-electron chi connectivity index (χ1n) is 5.49. The number of carbonyl (C=O) groups is 1. The second-order valence-corrected chi connectivity index (χ2v) is 3.96. The van der Waals surface area contributed by atoms with Gasteiger partial charge in [0.2, 0.25) is 5.91 Å². The van der Waals surface area contributed by atoms with Crippen molar-refractivity contribution >= 4 is 5.91 Å². The molecule has 0 aliphatic rings. The van der Waals surface area contributed by atoms with Crippen LogP contribution in [0.25, 0.3) is 0 Å². The number of carbonyl (C=O) groups excluding carboxylic acids is 1. The number of unbranched alkanes of at least 4 members (excludes halogenated alkanes) is 1. The quantitative estimate of drug-likeness (QED) is 0.728. The van der Waals surface area contributed by atoms with Crippen LogP contribution < -0.4 is 0 Å². The summed E-state index contributed by atoms with van der Waals surface area (Å²) in [6, 6.07) is 4.04. The van der Waals surface area contributed by atoms with Gasteiger partial charge < -0.3 is 9.47 Å². The third-order valence-corrected chi connectivity index (χ3v) is 2.62. The molecular formula is C12H20N2O. The molecule has 1 heterocycles. The van der Waals surface area contributed by atoms with Gasteiger partial charge in [0.25, 0.3) is 0 Å². The minimum atomic E-state index is 0.234. The zero-order chi connectivity index (χ0) is 11.3. The van der Waals surface area contributed by atoms with Crippen LogP contribution in [0.2, 0.25) is 0 Å². The Balaban J connectivity index is 2.45. The molecule has 0 unspecified atom stereocenters. The van der Waals surface area contributed by atoms with Gasteiger partial charge in [-0.2, -0.15) is 0 Å². The van der Waals surface area contributed by atoms with E-state index < -0.39 is 0 Å². The van der Waals surface area contributed by atoms with Crippen LogP contribution in [0.1, 0.15) is 31.9 Å². The molecule has 0 aliphatic carbocycles. The van der Waals surface area contributed by atoms with Crippen LogP contribution in [0.4, 0.5) is 0 Å². The lowest BCUT2D eigenvalue weighted by atomic mass is 10.2. The molecule has 3 nitrogen and oxygen atoms in total. The second kappa shape index (κ2) is 5.59. The highest BCUT2D eigenvalue weighted by Gasteiger charge is 2.09. The molecule has 84 valence electrons. The lowest BCUT2D eigenvalue weighted by Gasteiger charge is -2.17. The molecule has 0 fully saturated rings. The summed E-state index contributed by atoms with van der Waals surface area (Å²) >= 11 is 0. The van der Waals surface area contributed by atoms with Crippen molar-refractivity contribution in [3.8, 4) is 0 Å². The summed E-state index contributed by atoms with van der Waals surface area (Å²) < 4.78 is 2.05. The molecule has 3 heteroatoms. The number of amides is 1. The van der Waals surface area contributed by atoms with Crippen LogP contribution >= 0.6 is 0 Å². The van der Waals surface area contributed by atoms with Gasteiger partial charge >= 0.3 is 0 Å². The Morgan fingerprint density at radius 3 is 2.80 bits per heavy atom. The minimum absolute atomic E-state index is 0.234. The summed E-state index contributed by atoms with van der Waals surface area (Å²) in [6.45, 7) is 2.80. The topological polar surface area (TPSA) is 25.2 Å². The van der Waals surface area contributed by atoms with E-state index in [2.05, 4.69) is 6.92 Å². The second-order valence-electron chi connectivity index (χ2n) is 3.96. The molecule has 0 spiro atoms. The van der Waals surface area contributed by atoms with Gasteiger partial charge in [-0.05, 0) is 18.6 Å². The van der Waals surface area contributed by atoms with Gasteiger partial charge in [0, 0.05) is 32.4 Å². The fraction of sp³-hybridized carbons (Fsp3) is 0.583. The number of aryl methyl sites for hydroxylation is 1. The monoisotopic (exact) mass is 208 g/mol. The lowest BCUT2D eigenvalue weighted by Crippen LogP contribution is -2.26. The molecule has 0 bridgehead atoms. The van der Waals surface area contributed by atoms with Gasteiger partial charge in [-0.25, -0.2) is 0 Å². The number of hydrogen-bond acceptors (Lipinski definition) is 1. The van der Waals surface area contributed by atoms with Crippen LogP contribution in [0.3, 0.4) is 0 Å². The zero-order valence-electron chi connectivity index (χ0n) is 9.86. The Kier molecular flexibility index (Phi) is 4.40. The highest BCUT2D eigenvalue weighted by molar-refractivity contribution is 5.75. The molecule has 15 heavy (non-hydrogen) atoms. The average molecular weight is 208 g/mol. The number of rotatable bonds is 5. The third kappa shape index (κ3) is 3.42. The molecule has 0 saturated carbocycles. The van der Waals surface area contributed by atoms with Crippen molar-refractivity contribution in [2.24, 2.45) is 7.05 Å². The van der Waals surface area contributed by atoms with Crippen molar-refractivity contribution in [1.82, 2.24) is 9.47 Å². The Hall–Kier alpha value is -1.25. The smallest absolute Gasteiger partial charge is 0.222 e. The van der Waals surface area contributed by atoms with E-state index in [4.69, 9.17) is 0 Å². The van der Waals surface area contributed by atoms with Crippen LogP contribution in [0.5, 0.6) is 0 Å². The molecule has 1 aromatic rings. The van der Waals surface area contributed by atoms with E-state index >= 15 is 0 Å². The van der Waals surface area contributed by atoms with E-state index in [1.807, 2.05) is 37.0 Å². The molecule has 0 atom stereocenters. The maximum absolute atomic E-state index is 11.7. The van der Waals surface area contributed by atoms with E-state index in [1.165, 1.54) is 5.69 Å². The fourth-order valence-corrected chi connectivity index (χ4v) is 1.51. The van der Waals surface area contributed by atoms with E-state index in [9.17, 15) is 4.79 Å². The van der Waals surface area contributed by atoms with E-state index in [-0.39, 0.29) is 5.91 Å². The third-order valence-electron chi connectivity index (χ3n) is 2.62. The van der Waals surface area contributed by atoms with Gasteiger partial charge in [-0.15, -0.1) is 0 Å². The van der Waals surface area contributed by atoms with Crippen molar-refractivity contribution in [3.63, 3.8) is 0 Å². The predicted octanol–water partition coefficient (Wildman–Crippen LogP) is 2.17. The highest BCUT2D eigenvalue weighted by Crippen LogP contribution is 2.06. The van der Waals surface area contributed by atoms with E-state index in [0.717, 1.165) is 12.8 Å². The van der Waals surface area contributed by atoms with Gasteiger partial charge in [0.05, 0.1) is 6.54 Å². The maximum Gasteiger partial charge on any atom is 0.222 e. The first kappa shape index (κ1) is 11.8. The summed E-state index contributed by atoms with van der Waals surface area (Å²) in [6.07, 6.45) is 4.72. The minimum Gasteiger partial charge on any atom is -0.353 e. The standard InChI is InChI=1S/C12H20N2O/c1-4-5-8-12(15)14(3)10-11-7-6-9-13(11)2/h6-7,9H,4-5,8,10H2,1-3H3. The van der Waals surface area contributed by atoms with Crippen LogP contribution in [0, 0.1) is 0 Å². The molecule has 0 N–H and O–H groups in total. The largest absolute Gasteiger partial charge is 0.353 e. The molecule has 0 aliphatic heterocycles. The van der Waals surface area contributed by atoms with Gasteiger partial charge in [-0.3, -0.25) is 4.79 Å². The number of aromatic nitrogens is 1. The van der Waals surface area contributed by atoms with Crippen molar-refractivity contribution in [2.45, 2.75) is 32.7 Å². The van der Waals surface area contributed by atoms with Crippen molar-refractivity contribution in [1.29, 1.82) is 0 Å². The van der Waals surface area contributed by atoms with Crippen LogP contribution in [-0.2, 0) is 18.4 Å². The molecule has 0 aromatic carbocycles. The molecule has 1 rings (SSSR count). The Morgan fingerprint density at radius 1 is 1.53 bits per heavy atom. The van der Waals surface area contributed by atoms with Gasteiger partial charge in [-0.1, -0.05) is 13.3 Å². The summed E-state index contributed by atoms with van der Waals surface area (Å²) in [4.78, 5) is 13.5. The lowest BCUT2D eigenvalue weighted by molar-refractivity contribution is -0.130. The van der Waals surface area contributed by atoms with E-state index in [1.54, 1.807) is 4.90 Å². The normalized spacial score (nSPS) is 10.3. The Morgan fingerprint density at radius 2 is 2.27 bits per heavy atom. The summed E-state index contributed by atoms with van der Waals surface area (Å²) in [5.41, 5.74) is 1.17.